The molecule has 1 heterocycles. The van der Waals surface area contributed by atoms with Gasteiger partial charge in [0.15, 0.2) is 5.13 Å². The number of aromatic nitrogens is 1. The van der Waals surface area contributed by atoms with E-state index in [4.69, 9.17) is 10.5 Å². The maximum Gasteiger partial charge on any atom is 0.180 e. The van der Waals surface area contributed by atoms with E-state index in [2.05, 4.69) is 9.88 Å². The van der Waals surface area contributed by atoms with Crippen molar-refractivity contribution in [3.05, 3.63) is 40.9 Å². The third-order valence-corrected chi connectivity index (χ3v) is 3.99. The van der Waals surface area contributed by atoms with Crippen molar-refractivity contribution in [1.82, 2.24) is 9.88 Å². The number of hydrogen-bond donors (Lipinski definition) is 2. The second-order valence-electron chi connectivity index (χ2n) is 4.55. The molecule has 7 heteroatoms. The number of methoxy groups -OCH3 is 1. The molecule has 1 atom stereocenters. The number of nitrogens with zero attached hydrogens (tertiary/aromatic N) is 2. The fourth-order valence-electron chi connectivity index (χ4n) is 2.08. The third-order valence-electron chi connectivity index (χ3n) is 3.18. The molecule has 0 bridgehead atoms. The number of thiazole rings is 1. The molecule has 5 nitrogen and oxygen atoms in total. The van der Waals surface area contributed by atoms with Gasteiger partial charge in [0.2, 0.25) is 0 Å². The van der Waals surface area contributed by atoms with Crippen molar-refractivity contribution in [3.63, 3.8) is 0 Å². The van der Waals surface area contributed by atoms with E-state index in [1.807, 2.05) is 31.3 Å². The minimum Gasteiger partial charge on any atom is -0.497 e. The zero-order valence-electron chi connectivity index (χ0n) is 12.0. The van der Waals surface area contributed by atoms with Crippen molar-refractivity contribution in [3.8, 4) is 5.75 Å². The maximum absolute atomic E-state index is 9.65. The average molecular weight is 330 g/mol. The molecular formula is C14H20ClN3O2S. The minimum atomic E-state index is -0.0655. The molecule has 0 saturated heterocycles. The molecule has 0 aliphatic rings. The molecule has 1 unspecified atom stereocenters. The molecule has 0 amide bonds. The van der Waals surface area contributed by atoms with Crippen molar-refractivity contribution in [2.24, 2.45) is 0 Å². The first-order valence-electron chi connectivity index (χ1n) is 6.29. The first-order valence-corrected chi connectivity index (χ1v) is 7.11. The normalized spacial score (nSPS) is 12.0. The molecule has 0 saturated carbocycles. The van der Waals surface area contributed by atoms with Crippen LogP contribution in [0.15, 0.2) is 30.5 Å². The lowest BCUT2D eigenvalue weighted by Crippen LogP contribution is -2.26. The number of aliphatic hydroxyl groups excluding tert-OH is 1. The maximum atomic E-state index is 9.65. The van der Waals surface area contributed by atoms with Crippen molar-refractivity contribution in [1.29, 1.82) is 0 Å². The quantitative estimate of drug-likeness (QED) is 0.851. The molecule has 1 aromatic carbocycles. The SMILES string of the molecule is COc1ccc(C(CO)N(C)Cc2cnc(N)s2)cc1.Cl. The Morgan fingerprint density at radius 2 is 2.05 bits per heavy atom. The van der Waals surface area contributed by atoms with E-state index in [1.54, 1.807) is 13.3 Å². The van der Waals surface area contributed by atoms with Gasteiger partial charge in [-0.05, 0) is 24.7 Å². The zero-order valence-corrected chi connectivity index (χ0v) is 13.7. The van der Waals surface area contributed by atoms with Crippen LogP contribution in [0.25, 0.3) is 0 Å². The van der Waals surface area contributed by atoms with Gasteiger partial charge < -0.3 is 15.6 Å². The predicted molar refractivity (Wildman–Crippen MR) is 88.1 cm³/mol. The van der Waals surface area contributed by atoms with Gasteiger partial charge in [-0.15, -0.1) is 23.7 Å². The summed E-state index contributed by atoms with van der Waals surface area (Å²) >= 11 is 1.47. The molecule has 1 aromatic heterocycles. The van der Waals surface area contributed by atoms with Gasteiger partial charge in [0.1, 0.15) is 5.75 Å². The Balaban J connectivity index is 0.00000220. The Labute approximate surface area is 134 Å². The smallest absolute Gasteiger partial charge is 0.180 e. The lowest BCUT2D eigenvalue weighted by Gasteiger charge is -2.26. The highest BCUT2D eigenvalue weighted by Gasteiger charge is 2.17. The molecule has 116 valence electrons. The van der Waals surface area contributed by atoms with Gasteiger partial charge in [-0.2, -0.15) is 0 Å². The molecule has 0 radical (unpaired) electrons. The molecule has 21 heavy (non-hydrogen) atoms. The summed E-state index contributed by atoms with van der Waals surface area (Å²) in [5, 5.41) is 10.2. The Morgan fingerprint density at radius 3 is 2.52 bits per heavy atom. The van der Waals surface area contributed by atoms with Crippen molar-refractivity contribution in [2.75, 3.05) is 26.5 Å². The molecule has 2 rings (SSSR count). The van der Waals surface area contributed by atoms with Crippen LogP contribution in [-0.2, 0) is 6.54 Å². The second-order valence-corrected chi connectivity index (χ2v) is 5.70. The van der Waals surface area contributed by atoms with Crippen LogP contribution in [0, 0.1) is 0 Å². The highest BCUT2D eigenvalue weighted by atomic mass is 35.5. The zero-order chi connectivity index (χ0) is 14.5. The van der Waals surface area contributed by atoms with Crippen molar-refractivity contribution < 1.29 is 9.84 Å². The number of benzene rings is 1. The number of hydrogen-bond acceptors (Lipinski definition) is 6. The molecule has 0 spiro atoms. The molecule has 0 aliphatic carbocycles. The minimum absolute atomic E-state index is 0. The van der Waals surface area contributed by atoms with Crippen molar-refractivity contribution >= 4 is 28.9 Å². The van der Waals surface area contributed by atoms with Crippen LogP contribution >= 0.6 is 23.7 Å². The van der Waals surface area contributed by atoms with Crippen LogP contribution in [0.5, 0.6) is 5.75 Å². The Kier molecular flexibility index (Phi) is 6.91. The highest BCUT2D eigenvalue weighted by molar-refractivity contribution is 7.15. The van der Waals surface area contributed by atoms with Crippen LogP contribution in [-0.4, -0.2) is 35.8 Å². The lowest BCUT2D eigenvalue weighted by molar-refractivity contribution is 0.143. The summed E-state index contributed by atoms with van der Waals surface area (Å²) in [7, 11) is 3.61. The topological polar surface area (TPSA) is 71.6 Å². The van der Waals surface area contributed by atoms with Crippen LogP contribution in [0.3, 0.4) is 0 Å². The summed E-state index contributed by atoms with van der Waals surface area (Å²) in [6.45, 7) is 0.753. The number of likely N-dealkylation sites (N-methyl/N-ethyl adjacent to an activating group) is 1. The Morgan fingerprint density at radius 1 is 1.38 bits per heavy atom. The number of rotatable bonds is 6. The largest absolute Gasteiger partial charge is 0.497 e. The Hall–Kier alpha value is -1.34. The molecular weight excluding hydrogens is 310 g/mol. The summed E-state index contributed by atoms with van der Waals surface area (Å²) in [4.78, 5) is 7.20. The predicted octanol–water partition coefficient (Wildman–Crippen LogP) is 2.32. The number of halogens is 1. The van der Waals surface area contributed by atoms with E-state index in [0.29, 0.717) is 11.7 Å². The van der Waals surface area contributed by atoms with Gasteiger partial charge >= 0.3 is 0 Å². The molecule has 3 N–H and O–H groups in total. The van der Waals surface area contributed by atoms with E-state index in [0.717, 1.165) is 16.2 Å². The first kappa shape index (κ1) is 17.7. The van der Waals surface area contributed by atoms with Gasteiger partial charge in [-0.25, -0.2) is 4.98 Å². The van der Waals surface area contributed by atoms with Crippen LogP contribution in [0.4, 0.5) is 5.13 Å². The van der Waals surface area contributed by atoms with Gasteiger partial charge in [0, 0.05) is 17.6 Å². The Bertz CT molecular complexity index is 547. The third kappa shape index (κ3) is 4.57. The van der Waals surface area contributed by atoms with Crippen LogP contribution < -0.4 is 10.5 Å². The number of ether oxygens (including phenoxy) is 1. The number of nitrogen functional groups attached to an aromatic ring is 1. The summed E-state index contributed by atoms with van der Waals surface area (Å²) in [5.41, 5.74) is 6.68. The van der Waals surface area contributed by atoms with Gasteiger partial charge in [0.05, 0.1) is 19.8 Å². The number of nitrogens with two attached hydrogens (primary N) is 1. The standard InChI is InChI=1S/C14H19N3O2S.ClH/c1-17(8-12-7-16-14(15)20-12)13(9-18)10-3-5-11(19-2)6-4-10;/h3-7,13,18H,8-9H2,1-2H3,(H2,15,16);1H. The monoisotopic (exact) mass is 329 g/mol. The van der Waals surface area contributed by atoms with E-state index >= 15 is 0 Å². The van der Waals surface area contributed by atoms with Crippen LogP contribution in [0.2, 0.25) is 0 Å². The van der Waals surface area contributed by atoms with E-state index < -0.39 is 0 Å². The lowest BCUT2D eigenvalue weighted by atomic mass is 10.1. The van der Waals surface area contributed by atoms with Gasteiger partial charge in [0.25, 0.3) is 0 Å². The fourth-order valence-corrected chi connectivity index (χ4v) is 2.82. The van der Waals surface area contributed by atoms with E-state index in [1.165, 1.54) is 11.3 Å². The molecule has 2 aromatic rings. The van der Waals surface area contributed by atoms with Crippen LogP contribution in [0.1, 0.15) is 16.5 Å². The summed E-state index contributed by atoms with van der Waals surface area (Å²) < 4.78 is 5.14. The summed E-state index contributed by atoms with van der Waals surface area (Å²) in [6, 6.07) is 7.67. The molecule has 0 aliphatic heterocycles. The summed E-state index contributed by atoms with van der Waals surface area (Å²) in [6.07, 6.45) is 1.78. The van der Waals surface area contributed by atoms with E-state index in [-0.39, 0.29) is 25.1 Å². The van der Waals surface area contributed by atoms with Gasteiger partial charge in [-0.1, -0.05) is 12.1 Å². The highest BCUT2D eigenvalue weighted by Crippen LogP contribution is 2.25. The van der Waals surface area contributed by atoms with Gasteiger partial charge in [-0.3, -0.25) is 4.90 Å². The fraction of sp³-hybridized carbons (Fsp3) is 0.357. The van der Waals surface area contributed by atoms with E-state index in [9.17, 15) is 5.11 Å². The number of aliphatic hydroxyl groups is 1. The summed E-state index contributed by atoms with van der Waals surface area (Å²) in [5.74, 6) is 0.809. The number of anilines is 1. The van der Waals surface area contributed by atoms with Crippen molar-refractivity contribution in [2.45, 2.75) is 12.6 Å². The second kappa shape index (κ2) is 8.19. The molecule has 0 fully saturated rings. The first-order chi connectivity index (χ1) is 9.63. The average Bonchev–Trinajstić information content (AvgIpc) is 2.85.